The number of benzene rings is 1. The summed E-state index contributed by atoms with van der Waals surface area (Å²) in [6.45, 7) is 0. The fourth-order valence-electron chi connectivity index (χ4n) is 1.10. The first-order valence-electron chi connectivity index (χ1n) is 4.16. The average molecular weight is 198 g/mol. The topological polar surface area (TPSA) is 63.3 Å². The lowest BCUT2D eigenvalue weighted by Crippen LogP contribution is -1.89. The van der Waals surface area contributed by atoms with E-state index in [2.05, 4.69) is 0 Å². The second-order valence-electron chi connectivity index (χ2n) is 2.92. The van der Waals surface area contributed by atoms with E-state index in [1.807, 2.05) is 24.3 Å². The van der Waals surface area contributed by atoms with Crippen molar-refractivity contribution in [1.82, 2.24) is 0 Å². The highest BCUT2D eigenvalue weighted by molar-refractivity contribution is 7.37. The first-order valence-corrected chi connectivity index (χ1v) is 5.56. The summed E-state index contributed by atoms with van der Waals surface area (Å²) in [4.78, 5) is 8.56. The summed E-state index contributed by atoms with van der Waals surface area (Å²) >= 11 is 0. The molecule has 1 aromatic rings. The molecule has 0 aliphatic heterocycles. The summed E-state index contributed by atoms with van der Waals surface area (Å²) in [5.74, 6) is 0. The predicted octanol–water partition coefficient (Wildman–Crippen LogP) is 1.94. The van der Waals surface area contributed by atoms with Crippen LogP contribution in [0.4, 0.5) is 5.69 Å². The summed E-state index contributed by atoms with van der Waals surface area (Å²) in [6, 6.07) is 7.57. The van der Waals surface area contributed by atoms with E-state index in [9.17, 15) is 4.57 Å². The lowest BCUT2D eigenvalue weighted by Gasteiger charge is -1.97. The minimum Gasteiger partial charge on any atom is -0.399 e. The smallest absolute Gasteiger partial charge is 0.399 e. The number of hydrogen-bond donors (Lipinski definition) is 2. The van der Waals surface area contributed by atoms with E-state index >= 15 is 0 Å². The van der Waals surface area contributed by atoms with Crippen molar-refractivity contribution < 1.29 is 9.46 Å². The molecule has 0 bridgehead atoms. The molecule has 0 saturated heterocycles. The largest absolute Gasteiger partial charge is 0.505 e. The van der Waals surface area contributed by atoms with E-state index in [4.69, 9.17) is 10.6 Å². The molecular formula is C9H13NO2P+. The zero-order chi connectivity index (χ0) is 9.68. The van der Waals surface area contributed by atoms with Gasteiger partial charge < -0.3 is 5.73 Å². The Morgan fingerprint density at radius 2 is 1.92 bits per heavy atom. The summed E-state index contributed by atoms with van der Waals surface area (Å²) in [5, 5.41) is 0. The molecule has 3 nitrogen and oxygen atoms in total. The van der Waals surface area contributed by atoms with Crippen molar-refractivity contribution in [2.45, 2.75) is 12.8 Å². The molecule has 3 N–H and O–H groups in total. The van der Waals surface area contributed by atoms with Gasteiger partial charge in [-0.15, -0.1) is 0 Å². The van der Waals surface area contributed by atoms with Crippen molar-refractivity contribution in [1.29, 1.82) is 0 Å². The Kier molecular flexibility index (Phi) is 3.87. The Morgan fingerprint density at radius 3 is 2.46 bits per heavy atom. The van der Waals surface area contributed by atoms with Crippen molar-refractivity contribution >= 4 is 13.7 Å². The monoisotopic (exact) mass is 198 g/mol. The van der Waals surface area contributed by atoms with Gasteiger partial charge >= 0.3 is 8.03 Å². The van der Waals surface area contributed by atoms with Crippen LogP contribution in [-0.4, -0.2) is 11.1 Å². The first kappa shape index (κ1) is 10.2. The van der Waals surface area contributed by atoms with Gasteiger partial charge in [-0.25, -0.2) is 0 Å². The molecule has 1 atom stereocenters. The van der Waals surface area contributed by atoms with Gasteiger partial charge in [-0.2, -0.15) is 4.89 Å². The molecule has 1 unspecified atom stereocenters. The van der Waals surface area contributed by atoms with Gasteiger partial charge in [0.25, 0.3) is 0 Å². The number of anilines is 1. The highest BCUT2D eigenvalue weighted by Gasteiger charge is 2.08. The Morgan fingerprint density at radius 1 is 1.31 bits per heavy atom. The standard InChI is InChI=1S/C9H12NO2P/c10-9-5-3-8(4-6-9)2-1-7-13(11)12/h3-6H,1-2,7,10H2/p+1. The Bertz CT molecular complexity index is 284. The fraction of sp³-hybridized carbons (Fsp3) is 0.333. The third-order valence-electron chi connectivity index (χ3n) is 1.79. The molecule has 1 aromatic carbocycles. The van der Waals surface area contributed by atoms with Gasteiger partial charge in [-0.1, -0.05) is 12.1 Å². The number of aryl methyl sites for hydroxylation is 1. The van der Waals surface area contributed by atoms with E-state index in [0.717, 1.165) is 24.1 Å². The van der Waals surface area contributed by atoms with Gasteiger partial charge in [0.15, 0.2) is 6.16 Å². The molecular weight excluding hydrogens is 185 g/mol. The quantitative estimate of drug-likeness (QED) is 0.574. The van der Waals surface area contributed by atoms with Gasteiger partial charge in [-0.05, 0) is 35.1 Å². The molecule has 1 rings (SSSR count). The van der Waals surface area contributed by atoms with Crippen LogP contribution < -0.4 is 5.73 Å². The molecule has 0 aliphatic rings. The molecule has 0 amide bonds. The summed E-state index contributed by atoms with van der Waals surface area (Å²) in [7, 11) is -1.98. The Labute approximate surface area is 78.5 Å². The molecule has 13 heavy (non-hydrogen) atoms. The molecule has 4 heteroatoms. The second kappa shape index (κ2) is 4.95. The molecule has 0 aliphatic carbocycles. The fourth-order valence-corrected chi connectivity index (χ4v) is 1.53. The van der Waals surface area contributed by atoms with Gasteiger partial charge in [0.2, 0.25) is 0 Å². The van der Waals surface area contributed by atoms with Gasteiger partial charge in [0.05, 0.1) is 0 Å². The highest BCUT2D eigenvalue weighted by atomic mass is 31.1. The van der Waals surface area contributed by atoms with Crippen molar-refractivity contribution in [2.75, 3.05) is 11.9 Å². The highest BCUT2D eigenvalue weighted by Crippen LogP contribution is 2.16. The molecule has 0 heterocycles. The molecule has 0 radical (unpaired) electrons. The Balaban J connectivity index is 2.37. The van der Waals surface area contributed by atoms with E-state index in [1.54, 1.807) is 0 Å². The maximum absolute atomic E-state index is 10.4. The normalized spacial score (nSPS) is 11.3. The zero-order valence-electron chi connectivity index (χ0n) is 7.31. The number of hydrogen-bond acceptors (Lipinski definition) is 2. The second-order valence-corrected chi connectivity index (χ2v) is 4.07. The molecule has 0 spiro atoms. The Hall–Kier alpha value is -0.920. The van der Waals surface area contributed by atoms with E-state index in [0.29, 0.717) is 6.16 Å². The summed E-state index contributed by atoms with van der Waals surface area (Å²) in [6.07, 6.45) is 1.96. The van der Waals surface area contributed by atoms with Crippen molar-refractivity contribution in [3.63, 3.8) is 0 Å². The van der Waals surface area contributed by atoms with Crippen LogP contribution in [0.1, 0.15) is 12.0 Å². The minimum absolute atomic E-state index is 0.375. The van der Waals surface area contributed by atoms with Crippen molar-refractivity contribution in [3.05, 3.63) is 29.8 Å². The lowest BCUT2D eigenvalue weighted by atomic mass is 10.1. The van der Waals surface area contributed by atoms with E-state index in [1.165, 1.54) is 0 Å². The third kappa shape index (κ3) is 4.02. The van der Waals surface area contributed by atoms with Gasteiger partial charge in [0, 0.05) is 5.69 Å². The average Bonchev–Trinajstić information content (AvgIpc) is 2.08. The molecule has 0 fully saturated rings. The van der Waals surface area contributed by atoms with Gasteiger partial charge in [-0.3, -0.25) is 0 Å². The minimum atomic E-state index is -1.98. The zero-order valence-corrected chi connectivity index (χ0v) is 8.21. The molecule has 0 aromatic heterocycles. The van der Waals surface area contributed by atoms with Crippen LogP contribution in [0, 0.1) is 0 Å². The maximum Gasteiger partial charge on any atom is 0.505 e. The van der Waals surface area contributed by atoms with Crippen LogP contribution in [0.15, 0.2) is 24.3 Å². The number of nitrogen functional groups attached to an aromatic ring is 1. The van der Waals surface area contributed by atoms with Crippen LogP contribution in [0.3, 0.4) is 0 Å². The summed E-state index contributed by atoms with van der Waals surface area (Å²) in [5.41, 5.74) is 7.42. The van der Waals surface area contributed by atoms with Crippen LogP contribution in [0.5, 0.6) is 0 Å². The predicted molar refractivity (Wildman–Crippen MR) is 53.9 cm³/mol. The third-order valence-corrected chi connectivity index (χ3v) is 2.49. The summed E-state index contributed by atoms with van der Waals surface area (Å²) < 4.78 is 10.4. The van der Waals surface area contributed by atoms with Gasteiger partial charge in [0.1, 0.15) is 0 Å². The number of rotatable bonds is 4. The van der Waals surface area contributed by atoms with E-state index in [-0.39, 0.29) is 0 Å². The number of nitrogens with two attached hydrogens (primary N) is 1. The maximum atomic E-state index is 10.4. The SMILES string of the molecule is Nc1ccc(CCC[P+](=O)O)cc1. The van der Waals surface area contributed by atoms with Crippen LogP contribution in [-0.2, 0) is 11.0 Å². The van der Waals surface area contributed by atoms with Crippen LogP contribution in [0.25, 0.3) is 0 Å². The van der Waals surface area contributed by atoms with Crippen LogP contribution >= 0.6 is 8.03 Å². The molecule has 70 valence electrons. The van der Waals surface area contributed by atoms with Crippen LogP contribution in [0.2, 0.25) is 0 Å². The molecule has 0 saturated carbocycles. The lowest BCUT2D eigenvalue weighted by molar-refractivity contribution is 0.501. The van der Waals surface area contributed by atoms with E-state index < -0.39 is 8.03 Å². The van der Waals surface area contributed by atoms with Crippen molar-refractivity contribution in [2.24, 2.45) is 0 Å². The first-order chi connectivity index (χ1) is 6.18. The van der Waals surface area contributed by atoms with Crippen molar-refractivity contribution in [3.8, 4) is 0 Å².